The third kappa shape index (κ3) is 4.02. The zero-order valence-corrected chi connectivity index (χ0v) is 22.0. The van der Waals surface area contributed by atoms with Crippen molar-refractivity contribution >= 4 is 46.7 Å². The molecule has 0 amide bonds. The van der Waals surface area contributed by atoms with Gasteiger partial charge in [0.1, 0.15) is 5.84 Å². The number of fused-ring (bicyclic) bond motifs is 2. The number of nitrogens with zero attached hydrogens (tertiary/aromatic N) is 4. The second-order valence-corrected chi connectivity index (χ2v) is 10.8. The van der Waals surface area contributed by atoms with Crippen molar-refractivity contribution in [1.29, 1.82) is 0 Å². The first kappa shape index (κ1) is 24.4. The number of nitrogens with two attached hydrogens (primary N) is 1. The van der Waals surface area contributed by atoms with E-state index in [1.807, 2.05) is 6.07 Å². The van der Waals surface area contributed by atoms with E-state index in [1.165, 1.54) is 11.1 Å². The van der Waals surface area contributed by atoms with Crippen LogP contribution in [0.25, 0.3) is 0 Å². The average molecular weight is 539 g/mol. The first-order chi connectivity index (χ1) is 17.9. The van der Waals surface area contributed by atoms with Crippen molar-refractivity contribution in [2.24, 2.45) is 32.2 Å². The Labute approximate surface area is 225 Å². The number of halogens is 2. The Bertz CT molecular complexity index is 1350. The number of piperidine rings is 1. The molecular formula is C27H28Cl2N6O2. The van der Waals surface area contributed by atoms with Gasteiger partial charge in [0.05, 0.1) is 28.3 Å². The molecule has 3 aliphatic heterocycles. The normalized spacial score (nSPS) is 25.6. The smallest absolute Gasteiger partial charge is 0.332 e. The number of hydrogen-bond acceptors (Lipinski definition) is 8. The van der Waals surface area contributed by atoms with Crippen molar-refractivity contribution in [2.45, 2.75) is 38.3 Å². The van der Waals surface area contributed by atoms with E-state index < -0.39 is 17.9 Å². The number of guanidine groups is 1. The Morgan fingerprint density at radius 3 is 2.73 bits per heavy atom. The summed E-state index contributed by atoms with van der Waals surface area (Å²) in [5.74, 6) is 0.116. The number of benzene rings is 2. The number of rotatable bonds is 3. The number of nitrogens with one attached hydrogen (secondary N) is 1. The monoisotopic (exact) mass is 538 g/mol. The number of esters is 1. The van der Waals surface area contributed by atoms with E-state index in [9.17, 15) is 4.79 Å². The average Bonchev–Trinajstić information content (AvgIpc) is 3.45. The second kappa shape index (κ2) is 9.42. The van der Waals surface area contributed by atoms with E-state index in [0.29, 0.717) is 33.1 Å². The molecule has 0 aromatic heterocycles. The molecule has 0 saturated carbocycles. The van der Waals surface area contributed by atoms with Crippen LogP contribution in [0.2, 0.25) is 10.0 Å². The zero-order valence-electron chi connectivity index (χ0n) is 20.5. The number of aliphatic imine (C=N–C) groups is 2. The topological polar surface area (TPSA) is 105 Å². The summed E-state index contributed by atoms with van der Waals surface area (Å²) in [5, 5.41) is 5.28. The van der Waals surface area contributed by atoms with Gasteiger partial charge in [-0.25, -0.2) is 9.79 Å². The number of hydrogen-bond donors (Lipinski definition) is 2. The zero-order chi connectivity index (χ0) is 25.7. The van der Waals surface area contributed by atoms with Crippen LogP contribution in [0.3, 0.4) is 0 Å². The highest BCUT2D eigenvalue weighted by molar-refractivity contribution is 6.44. The molecule has 2 unspecified atom stereocenters. The Morgan fingerprint density at radius 2 is 1.97 bits per heavy atom. The SMILES string of the molecule is CCOC(=O)C1N=C(N2CCC3(CC2)Cc2ccccc2[C@H]3N)N=C2NN=C(c3cccc(Cl)c3Cl)C21. The van der Waals surface area contributed by atoms with Gasteiger partial charge in [0, 0.05) is 24.7 Å². The van der Waals surface area contributed by atoms with Crippen molar-refractivity contribution in [1.82, 2.24) is 10.3 Å². The van der Waals surface area contributed by atoms with Gasteiger partial charge in [0.15, 0.2) is 6.04 Å². The molecule has 0 radical (unpaired) electrons. The highest BCUT2D eigenvalue weighted by Crippen LogP contribution is 2.50. The lowest BCUT2D eigenvalue weighted by Crippen LogP contribution is -2.50. The standard InChI is InChI=1S/C27H28Cl2N6O2/c1-2-37-25(36)22-19-21(17-8-5-9-18(28)20(17)29)33-34-24(19)32-26(31-22)35-12-10-27(11-13-35)14-15-6-3-4-7-16(15)23(27)30/h3-9,19,22-23H,2,10-14,30H2,1H3,(H,31,32,34)/t19?,22?,23-/m1/s1. The summed E-state index contributed by atoms with van der Waals surface area (Å²) in [5.41, 5.74) is 13.6. The lowest BCUT2D eigenvalue weighted by atomic mass is 9.73. The van der Waals surface area contributed by atoms with Crippen LogP contribution in [0.4, 0.5) is 0 Å². The number of carbonyl (C=O) groups excluding carboxylic acids is 1. The van der Waals surface area contributed by atoms with Crippen LogP contribution in [0, 0.1) is 11.3 Å². The molecular weight excluding hydrogens is 511 g/mol. The quantitative estimate of drug-likeness (QED) is 0.575. The molecule has 1 saturated heterocycles. The molecule has 8 nitrogen and oxygen atoms in total. The van der Waals surface area contributed by atoms with Gasteiger partial charge in [0.2, 0.25) is 5.96 Å². The van der Waals surface area contributed by atoms with E-state index in [4.69, 9.17) is 43.7 Å². The molecule has 3 heterocycles. The third-order valence-corrected chi connectivity index (χ3v) is 8.88. The van der Waals surface area contributed by atoms with Gasteiger partial charge in [-0.05, 0) is 48.8 Å². The molecule has 1 fully saturated rings. The minimum atomic E-state index is -0.833. The van der Waals surface area contributed by atoms with Crippen molar-refractivity contribution in [3.8, 4) is 0 Å². The fourth-order valence-electron chi connectivity index (χ4n) is 6.07. The summed E-state index contributed by atoms with van der Waals surface area (Å²) in [6.45, 7) is 3.54. The molecule has 3 N–H and O–H groups in total. The second-order valence-electron chi connectivity index (χ2n) is 10.0. The van der Waals surface area contributed by atoms with Crippen LogP contribution in [0.5, 0.6) is 0 Å². The highest BCUT2D eigenvalue weighted by Gasteiger charge is 2.48. The maximum absolute atomic E-state index is 13.1. The first-order valence-corrected chi connectivity index (χ1v) is 13.4. The van der Waals surface area contributed by atoms with Crippen LogP contribution in [0.15, 0.2) is 57.6 Å². The van der Waals surface area contributed by atoms with Gasteiger partial charge >= 0.3 is 5.97 Å². The molecule has 37 heavy (non-hydrogen) atoms. The Kier molecular flexibility index (Phi) is 6.21. The van der Waals surface area contributed by atoms with Crippen LogP contribution >= 0.6 is 23.2 Å². The fraction of sp³-hybridized carbons (Fsp3) is 0.407. The molecule has 10 heteroatoms. The lowest BCUT2D eigenvalue weighted by molar-refractivity contribution is -0.144. The maximum atomic E-state index is 13.1. The molecule has 0 bridgehead atoms. The number of hydrazone groups is 1. The highest BCUT2D eigenvalue weighted by atomic mass is 35.5. The fourth-order valence-corrected chi connectivity index (χ4v) is 6.47. The van der Waals surface area contributed by atoms with Crippen LogP contribution < -0.4 is 11.2 Å². The summed E-state index contributed by atoms with van der Waals surface area (Å²) in [6, 6.07) is 13.0. The van der Waals surface area contributed by atoms with Crippen LogP contribution in [-0.4, -0.2) is 54.1 Å². The lowest BCUT2D eigenvalue weighted by Gasteiger charge is -2.43. The van der Waals surface area contributed by atoms with Crippen molar-refractivity contribution in [3.05, 3.63) is 69.2 Å². The molecule has 1 spiro atoms. The van der Waals surface area contributed by atoms with Gasteiger partial charge in [-0.3, -0.25) is 5.43 Å². The molecule has 2 aromatic rings. The number of carbonyl (C=O) groups is 1. The molecule has 3 atom stereocenters. The van der Waals surface area contributed by atoms with Crippen LogP contribution in [-0.2, 0) is 16.0 Å². The summed E-state index contributed by atoms with van der Waals surface area (Å²) < 4.78 is 5.41. The largest absolute Gasteiger partial charge is 0.464 e. The molecule has 4 aliphatic rings. The molecule has 6 rings (SSSR count). The summed E-state index contributed by atoms with van der Waals surface area (Å²) in [7, 11) is 0. The Morgan fingerprint density at radius 1 is 1.19 bits per heavy atom. The van der Waals surface area contributed by atoms with Crippen molar-refractivity contribution in [2.75, 3.05) is 19.7 Å². The minimum Gasteiger partial charge on any atom is -0.464 e. The van der Waals surface area contributed by atoms with E-state index in [-0.39, 0.29) is 18.1 Å². The molecule has 2 aromatic carbocycles. The summed E-state index contributed by atoms with van der Waals surface area (Å²) in [4.78, 5) is 24.9. The Balaban J connectivity index is 1.26. The summed E-state index contributed by atoms with van der Waals surface area (Å²) in [6.07, 6.45) is 2.84. The van der Waals surface area contributed by atoms with Gasteiger partial charge in [-0.1, -0.05) is 59.6 Å². The maximum Gasteiger partial charge on any atom is 0.332 e. The van der Waals surface area contributed by atoms with E-state index in [1.54, 1.807) is 19.1 Å². The number of likely N-dealkylation sites (tertiary alicyclic amines) is 1. The van der Waals surface area contributed by atoms with Gasteiger partial charge in [-0.15, -0.1) is 0 Å². The minimum absolute atomic E-state index is 0.0250. The number of amidine groups is 1. The van der Waals surface area contributed by atoms with E-state index in [0.717, 1.165) is 32.4 Å². The van der Waals surface area contributed by atoms with Crippen molar-refractivity contribution in [3.63, 3.8) is 0 Å². The van der Waals surface area contributed by atoms with E-state index in [2.05, 4.69) is 39.7 Å². The summed E-state index contributed by atoms with van der Waals surface area (Å²) >= 11 is 12.8. The van der Waals surface area contributed by atoms with Gasteiger partial charge in [0.25, 0.3) is 0 Å². The van der Waals surface area contributed by atoms with Crippen molar-refractivity contribution < 1.29 is 9.53 Å². The Hall–Kier alpha value is -2.94. The number of ether oxygens (including phenoxy) is 1. The molecule has 1 aliphatic carbocycles. The molecule has 192 valence electrons. The predicted molar refractivity (Wildman–Crippen MR) is 145 cm³/mol. The van der Waals surface area contributed by atoms with Crippen LogP contribution in [0.1, 0.15) is 42.5 Å². The van der Waals surface area contributed by atoms with Gasteiger partial charge < -0.3 is 15.4 Å². The van der Waals surface area contributed by atoms with Gasteiger partial charge in [-0.2, -0.15) is 10.1 Å². The third-order valence-electron chi connectivity index (χ3n) is 8.06. The predicted octanol–water partition coefficient (Wildman–Crippen LogP) is 3.96. The van der Waals surface area contributed by atoms with E-state index >= 15 is 0 Å². The first-order valence-electron chi connectivity index (χ1n) is 12.6.